The highest BCUT2D eigenvalue weighted by atomic mass is 19.1. The number of carbonyl (C=O) groups is 1. The van der Waals surface area contributed by atoms with Gasteiger partial charge >= 0.3 is 5.97 Å². The van der Waals surface area contributed by atoms with Crippen LogP contribution in [0, 0.1) is 5.82 Å². The molecule has 0 saturated heterocycles. The van der Waals surface area contributed by atoms with Gasteiger partial charge in [0.1, 0.15) is 5.82 Å². The first-order chi connectivity index (χ1) is 6.15. The molecule has 0 radical (unpaired) electrons. The van der Waals surface area contributed by atoms with Crippen molar-refractivity contribution < 1.29 is 14.3 Å². The molecule has 0 fully saturated rings. The number of aromatic carboxylic acids is 1. The molecule has 0 saturated carbocycles. The maximum Gasteiger partial charge on any atom is 0.335 e. The number of benzene rings is 1. The number of nitrogens with zero attached hydrogens (tertiary/aromatic N) is 3. The monoisotopic (exact) mass is 181 g/mol. The Kier molecular flexibility index (Phi) is 2.47. The molecule has 0 amide bonds. The maximum absolute atomic E-state index is 12.8. The lowest BCUT2D eigenvalue weighted by Crippen LogP contribution is -1.95. The Labute approximate surface area is 72.1 Å². The van der Waals surface area contributed by atoms with E-state index < -0.39 is 11.8 Å². The van der Waals surface area contributed by atoms with Crippen molar-refractivity contribution in [2.45, 2.75) is 0 Å². The van der Waals surface area contributed by atoms with E-state index in [2.05, 4.69) is 10.0 Å². The number of hydrogen-bond donors (Lipinski definition) is 1. The Balaban J connectivity index is 3.26. The summed E-state index contributed by atoms with van der Waals surface area (Å²) in [6.45, 7) is 0. The standard InChI is InChI=1S/C7H4FN3O2/c8-5-2-1-4(7(12)13)3-6(5)10-11-9/h1-3H,(H,12,13). The normalized spacial score (nSPS) is 9.00. The average Bonchev–Trinajstić information content (AvgIpc) is 2.08. The van der Waals surface area contributed by atoms with Gasteiger partial charge in [0.05, 0.1) is 11.3 Å². The van der Waals surface area contributed by atoms with Crippen LogP contribution in [0.5, 0.6) is 0 Å². The fourth-order valence-corrected chi connectivity index (χ4v) is 0.771. The quantitative estimate of drug-likeness (QED) is 0.431. The predicted octanol–water partition coefficient (Wildman–Crippen LogP) is 2.47. The molecule has 1 aromatic rings. The lowest BCUT2D eigenvalue weighted by Gasteiger charge is -1.96. The zero-order chi connectivity index (χ0) is 9.84. The van der Waals surface area contributed by atoms with Gasteiger partial charge in [0.25, 0.3) is 0 Å². The highest BCUT2D eigenvalue weighted by molar-refractivity contribution is 5.88. The molecule has 0 aromatic heterocycles. The van der Waals surface area contributed by atoms with Crippen LogP contribution in [0.4, 0.5) is 10.1 Å². The Morgan fingerprint density at radius 2 is 2.31 bits per heavy atom. The second kappa shape index (κ2) is 3.55. The molecule has 0 aliphatic rings. The third-order valence-corrected chi connectivity index (χ3v) is 1.35. The smallest absolute Gasteiger partial charge is 0.335 e. The molecule has 66 valence electrons. The van der Waals surface area contributed by atoms with Crippen LogP contribution in [0.25, 0.3) is 10.4 Å². The van der Waals surface area contributed by atoms with Gasteiger partial charge in [0.15, 0.2) is 0 Å². The molecule has 0 unspecified atom stereocenters. The highest BCUT2D eigenvalue weighted by Gasteiger charge is 2.06. The van der Waals surface area contributed by atoms with E-state index in [0.717, 1.165) is 18.2 Å². The topological polar surface area (TPSA) is 86.1 Å². The molecule has 0 aliphatic heterocycles. The van der Waals surface area contributed by atoms with Crippen LogP contribution in [-0.2, 0) is 0 Å². The van der Waals surface area contributed by atoms with Crippen LogP contribution >= 0.6 is 0 Å². The SMILES string of the molecule is [N-]=[N+]=Nc1cc(C(=O)O)ccc1F. The van der Waals surface area contributed by atoms with E-state index in [1.807, 2.05) is 0 Å². The second-order valence-corrected chi connectivity index (χ2v) is 2.16. The van der Waals surface area contributed by atoms with E-state index in [1.165, 1.54) is 0 Å². The first-order valence-electron chi connectivity index (χ1n) is 3.23. The minimum atomic E-state index is -1.20. The predicted molar refractivity (Wildman–Crippen MR) is 42.2 cm³/mol. The van der Waals surface area contributed by atoms with Crippen LogP contribution < -0.4 is 0 Å². The number of azide groups is 1. The largest absolute Gasteiger partial charge is 0.478 e. The number of halogens is 1. The molecule has 5 nitrogen and oxygen atoms in total. The molecule has 0 bridgehead atoms. The lowest BCUT2D eigenvalue weighted by atomic mass is 10.2. The zero-order valence-electron chi connectivity index (χ0n) is 6.31. The van der Waals surface area contributed by atoms with Crippen molar-refractivity contribution in [3.05, 3.63) is 40.0 Å². The van der Waals surface area contributed by atoms with E-state index in [0.29, 0.717) is 0 Å². The van der Waals surface area contributed by atoms with E-state index in [-0.39, 0.29) is 11.3 Å². The van der Waals surface area contributed by atoms with E-state index in [4.69, 9.17) is 10.6 Å². The average molecular weight is 181 g/mol. The van der Waals surface area contributed by atoms with Gasteiger partial charge < -0.3 is 5.11 Å². The summed E-state index contributed by atoms with van der Waals surface area (Å²) < 4.78 is 12.8. The van der Waals surface area contributed by atoms with Crippen LogP contribution in [0.2, 0.25) is 0 Å². The summed E-state index contributed by atoms with van der Waals surface area (Å²) in [5.41, 5.74) is 7.58. The second-order valence-electron chi connectivity index (χ2n) is 2.16. The van der Waals surface area contributed by atoms with Crippen molar-refractivity contribution in [3.63, 3.8) is 0 Å². The van der Waals surface area contributed by atoms with Gasteiger partial charge in [-0.25, -0.2) is 9.18 Å². The van der Waals surface area contributed by atoms with Crippen molar-refractivity contribution in [3.8, 4) is 0 Å². The van der Waals surface area contributed by atoms with E-state index >= 15 is 0 Å². The summed E-state index contributed by atoms with van der Waals surface area (Å²) in [6, 6.07) is 3.00. The van der Waals surface area contributed by atoms with Crippen LogP contribution in [0.3, 0.4) is 0 Å². The lowest BCUT2D eigenvalue weighted by molar-refractivity contribution is 0.0697. The fourth-order valence-electron chi connectivity index (χ4n) is 0.771. The summed E-state index contributed by atoms with van der Waals surface area (Å²) in [5, 5.41) is 11.5. The number of carboxylic acids is 1. The summed E-state index contributed by atoms with van der Waals surface area (Å²) >= 11 is 0. The number of carboxylic acid groups (broad SMARTS) is 1. The van der Waals surface area contributed by atoms with Gasteiger partial charge in [0, 0.05) is 4.91 Å². The van der Waals surface area contributed by atoms with Crippen molar-refractivity contribution >= 4 is 11.7 Å². The highest BCUT2D eigenvalue weighted by Crippen LogP contribution is 2.19. The van der Waals surface area contributed by atoms with Crippen molar-refractivity contribution in [1.82, 2.24) is 0 Å². The van der Waals surface area contributed by atoms with Gasteiger partial charge in [0.2, 0.25) is 0 Å². The van der Waals surface area contributed by atoms with Gasteiger partial charge in [-0.05, 0) is 23.7 Å². The third kappa shape index (κ3) is 1.94. The molecule has 1 aromatic carbocycles. The van der Waals surface area contributed by atoms with Crippen molar-refractivity contribution in [2.24, 2.45) is 5.11 Å². The van der Waals surface area contributed by atoms with Crippen LogP contribution in [0.15, 0.2) is 23.3 Å². The Bertz CT molecular complexity index is 399. The van der Waals surface area contributed by atoms with Gasteiger partial charge in [-0.2, -0.15) is 0 Å². The zero-order valence-corrected chi connectivity index (χ0v) is 6.31. The molecule has 0 heterocycles. The van der Waals surface area contributed by atoms with Crippen molar-refractivity contribution in [1.29, 1.82) is 0 Å². The number of rotatable bonds is 2. The molecule has 13 heavy (non-hydrogen) atoms. The summed E-state index contributed by atoms with van der Waals surface area (Å²) in [5.74, 6) is -1.95. The van der Waals surface area contributed by atoms with Gasteiger partial charge in [-0.1, -0.05) is 5.11 Å². The Morgan fingerprint density at radius 1 is 1.62 bits per heavy atom. The summed E-state index contributed by atoms with van der Waals surface area (Å²) in [4.78, 5) is 12.8. The summed E-state index contributed by atoms with van der Waals surface area (Å²) in [6.07, 6.45) is 0. The third-order valence-electron chi connectivity index (χ3n) is 1.35. The fraction of sp³-hybridized carbons (Fsp3) is 0. The molecular weight excluding hydrogens is 177 g/mol. The first kappa shape index (κ1) is 9.02. The van der Waals surface area contributed by atoms with E-state index in [1.54, 1.807) is 0 Å². The van der Waals surface area contributed by atoms with Crippen LogP contribution in [-0.4, -0.2) is 11.1 Å². The van der Waals surface area contributed by atoms with E-state index in [9.17, 15) is 9.18 Å². The van der Waals surface area contributed by atoms with Crippen molar-refractivity contribution in [2.75, 3.05) is 0 Å². The first-order valence-corrected chi connectivity index (χ1v) is 3.23. The maximum atomic E-state index is 12.8. The molecule has 0 spiro atoms. The number of hydrogen-bond acceptors (Lipinski definition) is 2. The molecule has 1 rings (SSSR count). The van der Waals surface area contributed by atoms with Gasteiger partial charge in [-0.15, -0.1) is 0 Å². The minimum absolute atomic E-state index is 0.121. The van der Waals surface area contributed by atoms with Crippen LogP contribution in [0.1, 0.15) is 10.4 Å². The minimum Gasteiger partial charge on any atom is -0.478 e. The Hall–Kier alpha value is -2.07. The summed E-state index contributed by atoms with van der Waals surface area (Å²) in [7, 11) is 0. The van der Waals surface area contributed by atoms with Gasteiger partial charge in [-0.3, -0.25) is 0 Å². The molecule has 0 atom stereocenters. The molecule has 1 N–H and O–H groups in total. The molecular formula is C7H4FN3O2. The molecule has 0 aliphatic carbocycles. The molecule has 6 heteroatoms. The Morgan fingerprint density at radius 3 is 2.85 bits per heavy atom.